The monoisotopic (exact) mass is 245 g/mol. The van der Waals surface area contributed by atoms with E-state index in [4.69, 9.17) is 0 Å². The molecule has 1 fully saturated rings. The van der Waals surface area contributed by atoms with Crippen LogP contribution >= 0.6 is 0 Å². The Balaban J connectivity index is 1.62. The van der Waals surface area contributed by atoms with E-state index in [2.05, 4.69) is 34.5 Å². The Morgan fingerprint density at radius 1 is 1.39 bits per heavy atom. The molecule has 96 valence electrons. The normalized spacial score (nSPS) is 18.5. The SMILES string of the molecule is CCNC(=O)N1CC(N2CCc3ccccc32)C1. The van der Waals surface area contributed by atoms with Crippen LogP contribution < -0.4 is 10.2 Å². The molecule has 0 atom stereocenters. The van der Waals surface area contributed by atoms with Crippen LogP contribution in [0.15, 0.2) is 24.3 Å². The van der Waals surface area contributed by atoms with Gasteiger partial charge in [-0.15, -0.1) is 0 Å². The number of fused-ring (bicyclic) bond motifs is 1. The molecule has 2 heterocycles. The Labute approximate surface area is 108 Å². The molecular weight excluding hydrogens is 226 g/mol. The van der Waals surface area contributed by atoms with E-state index in [-0.39, 0.29) is 6.03 Å². The van der Waals surface area contributed by atoms with Gasteiger partial charge in [-0.05, 0) is 25.0 Å². The van der Waals surface area contributed by atoms with Gasteiger partial charge in [0.25, 0.3) is 0 Å². The summed E-state index contributed by atoms with van der Waals surface area (Å²) in [6, 6.07) is 9.16. The maximum absolute atomic E-state index is 11.6. The number of nitrogens with zero attached hydrogens (tertiary/aromatic N) is 2. The summed E-state index contributed by atoms with van der Waals surface area (Å²) in [5, 5.41) is 2.85. The average molecular weight is 245 g/mol. The minimum absolute atomic E-state index is 0.0706. The number of para-hydroxylation sites is 1. The minimum Gasteiger partial charge on any atom is -0.364 e. The van der Waals surface area contributed by atoms with Crippen LogP contribution in [0.4, 0.5) is 10.5 Å². The molecule has 18 heavy (non-hydrogen) atoms. The number of amides is 2. The molecule has 1 aromatic rings. The Kier molecular flexibility index (Phi) is 2.86. The third-order valence-corrected chi connectivity index (χ3v) is 3.84. The Morgan fingerprint density at radius 2 is 2.17 bits per heavy atom. The number of urea groups is 1. The van der Waals surface area contributed by atoms with Crippen molar-refractivity contribution in [3.63, 3.8) is 0 Å². The van der Waals surface area contributed by atoms with Gasteiger partial charge in [-0.3, -0.25) is 0 Å². The summed E-state index contributed by atoms with van der Waals surface area (Å²) in [6.45, 7) is 5.44. The molecule has 2 aliphatic rings. The van der Waals surface area contributed by atoms with E-state index in [0.717, 1.165) is 26.1 Å². The van der Waals surface area contributed by atoms with Crippen LogP contribution in [0.3, 0.4) is 0 Å². The molecule has 2 amide bonds. The number of carbonyl (C=O) groups excluding carboxylic acids is 1. The standard InChI is InChI=1S/C14H19N3O/c1-2-15-14(18)16-9-12(10-16)17-8-7-11-5-3-4-6-13(11)17/h3-6,12H,2,7-10H2,1H3,(H,15,18). The van der Waals surface area contributed by atoms with Gasteiger partial charge in [-0.25, -0.2) is 4.79 Å². The fraction of sp³-hybridized carbons (Fsp3) is 0.500. The number of carbonyl (C=O) groups is 1. The van der Waals surface area contributed by atoms with Gasteiger partial charge in [-0.1, -0.05) is 18.2 Å². The molecule has 0 aromatic heterocycles. The van der Waals surface area contributed by atoms with Gasteiger partial charge in [0.05, 0.1) is 6.04 Å². The van der Waals surface area contributed by atoms with Gasteiger partial charge in [0.2, 0.25) is 0 Å². The van der Waals surface area contributed by atoms with E-state index in [1.807, 2.05) is 11.8 Å². The number of rotatable bonds is 2. The van der Waals surface area contributed by atoms with E-state index >= 15 is 0 Å². The molecule has 1 saturated heterocycles. The second kappa shape index (κ2) is 4.52. The van der Waals surface area contributed by atoms with Crippen LogP contribution in [0.1, 0.15) is 12.5 Å². The largest absolute Gasteiger partial charge is 0.364 e. The summed E-state index contributed by atoms with van der Waals surface area (Å²) in [5.74, 6) is 0. The molecule has 2 aliphatic heterocycles. The predicted octanol–water partition coefficient (Wildman–Crippen LogP) is 1.46. The van der Waals surface area contributed by atoms with Crippen molar-refractivity contribution in [3.05, 3.63) is 29.8 Å². The van der Waals surface area contributed by atoms with Crippen molar-refractivity contribution in [2.45, 2.75) is 19.4 Å². The molecule has 0 bridgehead atoms. The van der Waals surface area contributed by atoms with Gasteiger partial charge in [0.15, 0.2) is 0 Å². The van der Waals surface area contributed by atoms with Crippen molar-refractivity contribution >= 4 is 11.7 Å². The lowest BCUT2D eigenvalue weighted by molar-refractivity contribution is 0.150. The number of benzene rings is 1. The van der Waals surface area contributed by atoms with Gasteiger partial charge < -0.3 is 15.1 Å². The van der Waals surface area contributed by atoms with Crippen LogP contribution in [0.5, 0.6) is 0 Å². The fourth-order valence-electron chi connectivity index (χ4n) is 2.82. The summed E-state index contributed by atoms with van der Waals surface area (Å²) in [5.41, 5.74) is 2.80. The van der Waals surface area contributed by atoms with Crippen LogP contribution in [0, 0.1) is 0 Å². The first kappa shape index (κ1) is 11.4. The van der Waals surface area contributed by atoms with Gasteiger partial charge >= 0.3 is 6.03 Å². The Hall–Kier alpha value is -1.71. The maximum Gasteiger partial charge on any atom is 0.317 e. The summed E-state index contributed by atoms with van der Waals surface area (Å²) in [7, 11) is 0. The van der Waals surface area contributed by atoms with Gasteiger partial charge in [0, 0.05) is 31.9 Å². The van der Waals surface area contributed by atoms with Crippen molar-refractivity contribution in [1.29, 1.82) is 0 Å². The molecule has 1 aromatic carbocycles. The van der Waals surface area contributed by atoms with Gasteiger partial charge in [-0.2, -0.15) is 0 Å². The van der Waals surface area contributed by atoms with Crippen molar-refractivity contribution in [2.24, 2.45) is 0 Å². The zero-order chi connectivity index (χ0) is 12.5. The van der Waals surface area contributed by atoms with Gasteiger partial charge in [0.1, 0.15) is 0 Å². The quantitative estimate of drug-likeness (QED) is 0.856. The molecule has 0 saturated carbocycles. The summed E-state index contributed by atoms with van der Waals surface area (Å²) >= 11 is 0. The molecule has 4 heteroatoms. The number of likely N-dealkylation sites (tertiary alicyclic amines) is 1. The Morgan fingerprint density at radius 3 is 2.94 bits per heavy atom. The van der Waals surface area contributed by atoms with Crippen molar-refractivity contribution < 1.29 is 4.79 Å². The number of hydrogen-bond acceptors (Lipinski definition) is 2. The molecular formula is C14H19N3O. The molecule has 3 rings (SSSR count). The molecule has 0 radical (unpaired) electrons. The zero-order valence-corrected chi connectivity index (χ0v) is 10.7. The fourth-order valence-corrected chi connectivity index (χ4v) is 2.82. The van der Waals surface area contributed by atoms with Crippen LogP contribution in [0.2, 0.25) is 0 Å². The average Bonchev–Trinajstić information content (AvgIpc) is 2.72. The van der Waals surface area contributed by atoms with Crippen molar-refractivity contribution in [1.82, 2.24) is 10.2 Å². The molecule has 1 N–H and O–H groups in total. The maximum atomic E-state index is 11.6. The van der Waals surface area contributed by atoms with E-state index in [1.165, 1.54) is 11.3 Å². The second-order valence-electron chi connectivity index (χ2n) is 4.97. The first-order chi connectivity index (χ1) is 8.79. The zero-order valence-electron chi connectivity index (χ0n) is 10.7. The Bertz CT molecular complexity index is 454. The molecule has 0 aliphatic carbocycles. The number of anilines is 1. The van der Waals surface area contributed by atoms with Crippen LogP contribution in [-0.2, 0) is 6.42 Å². The second-order valence-corrected chi connectivity index (χ2v) is 4.97. The summed E-state index contributed by atoms with van der Waals surface area (Å²) < 4.78 is 0. The third-order valence-electron chi connectivity index (χ3n) is 3.84. The first-order valence-corrected chi connectivity index (χ1v) is 6.67. The molecule has 0 spiro atoms. The van der Waals surface area contributed by atoms with E-state index in [0.29, 0.717) is 12.6 Å². The van der Waals surface area contributed by atoms with E-state index in [1.54, 1.807) is 0 Å². The third kappa shape index (κ3) is 1.82. The highest BCUT2D eigenvalue weighted by Gasteiger charge is 2.36. The highest BCUT2D eigenvalue weighted by atomic mass is 16.2. The van der Waals surface area contributed by atoms with Crippen LogP contribution in [-0.4, -0.2) is 43.2 Å². The van der Waals surface area contributed by atoms with Crippen LogP contribution in [0.25, 0.3) is 0 Å². The topological polar surface area (TPSA) is 35.6 Å². The number of hydrogen-bond donors (Lipinski definition) is 1. The lowest BCUT2D eigenvalue weighted by Crippen LogP contribution is -2.62. The minimum atomic E-state index is 0.0706. The molecule has 0 unspecified atom stereocenters. The highest BCUT2D eigenvalue weighted by molar-refractivity contribution is 5.75. The van der Waals surface area contributed by atoms with Crippen molar-refractivity contribution in [2.75, 3.05) is 31.1 Å². The lowest BCUT2D eigenvalue weighted by atomic mass is 10.1. The first-order valence-electron chi connectivity index (χ1n) is 6.67. The van der Waals surface area contributed by atoms with E-state index < -0.39 is 0 Å². The van der Waals surface area contributed by atoms with E-state index in [9.17, 15) is 4.79 Å². The smallest absolute Gasteiger partial charge is 0.317 e. The lowest BCUT2D eigenvalue weighted by Gasteiger charge is -2.44. The van der Waals surface area contributed by atoms with Crippen molar-refractivity contribution in [3.8, 4) is 0 Å². The summed E-state index contributed by atoms with van der Waals surface area (Å²) in [6.07, 6.45) is 1.13. The highest BCUT2D eigenvalue weighted by Crippen LogP contribution is 2.31. The predicted molar refractivity (Wildman–Crippen MR) is 71.9 cm³/mol. The summed E-state index contributed by atoms with van der Waals surface area (Å²) in [4.78, 5) is 16.0. The molecule has 4 nitrogen and oxygen atoms in total. The number of nitrogens with one attached hydrogen (secondary N) is 1.